The highest BCUT2D eigenvalue weighted by atomic mass is 16.4. The van der Waals surface area contributed by atoms with Crippen LogP contribution in [-0.4, -0.2) is 16.9 Å². The van der Waals surface area contributed by atoms with Gasteiger partial charge in [0.1, 0.15) is 5.78 Å². The second-order valence-electron chi connectivity index (χ2n) is 8.96. The first kappa shape index (κ1) is 28.1. The normalized spacial score (nSPS) is 12.2. The van der Waals surface area contributed by atoms with Crippen molar-refractivity contribution in [1.82, 2.24) is 0 Å². The highest BCUT2D eigenvalue weighted by Crippen LogP contribution is 2.20. The van der Waals surface area contributed by atoms with E-state index in [9.17, 15) is 9.59 Å². The van der Waals surface area contributed by atoms with E-state index in [1.54, 1.807) is 0 Å². The van der Waals surface area contributed by atoms with Gasteiger partial charge in [-0.25, -0.2) is 0 Å². The van der Waals surface area contributed by atoms with Crippen LogP contribution in [0, 0.1) is 5.92 Å². The van der Waals surface area contributed by atoms with Crippen molar-refractivity contribution >= 4 is 11.8 Å². The first-order chi connectivity index (χ1) is 14.1. The molecule has 0 amide bonds. The molecule has 3 heteroatoms. The van der Waals surface area contributed by atoms with Crippen LogP contribution in [0.15, 0.2) is 0 Å². The van der Waals surface area contributed by atoms with Crippen LogP contribution in [0.25, 0.3) is 0 Å². The third kappa shape index (κ3) is 20.2. The van der Waals surface area contributed by atoms with Gasteiger partial charge in [-0.3, -0.25) is 9.59 Å². The molecule has 0 radical (unpaired) electrons. The summed E-state index contributed by atoms with van der Waals surface area (Å²) >= 11 is 0. The summed E-state index contributed by atoms with van der Waals surface area (Å²) in [5.74, 6) is -0.896. The quantitative estimate of drug-likeness (QED) is 0.172. The minimum Gasteiger partial charge on any atom is -0.481 e. The predicted octanol–water partition coefficient (Wildman–Crippen LogP) is 8.49. The van der Waals surface area contributed by atoms with E-state index >= 15 is 0 Å². The van der Waals surface area contributed by atoms with Crippen LogP contribution in [0.1, 0.15) is 149 Å². The van der Waals surface area contributed by atoms with Crippen LogP contribution in [0.3, 0.4) is 0 Å². The molecular weight excluding hydrogens is 360 g/mol. The maximum Gasteiger partial charge on any atom is 0.304 e. The number of carbonyl (C=O) groups is 2. The Morgan fingerprint density at radius 1 is 0.586 bits per heavy atom. The van der Waals surface area contributed by atoms with Crippen molar-refractivity contribution < 1.29 is 14.7 Å². The van der Waals surface area contributed by atoms with E-state index in [0.29, 0.717) is 6.42 Å². The van der Waals surface area contributed by atoms with Gasteiger partial charge >= 0.3 is 5.97 Å². The van der Waals surface area contributed by atoms with Gasteiger partial charge in [-0.2, -0.15) is 0 Å². The highest BCUT2D eigenvalue weighted by Gasteiger charge is 2.20. The molecule has 0 heterocycles. The third-order valence-corrected chi connectivity index (χ3v) is 6.06. The topological polar surface area (TPSA) is 54.4 Å². The number of carbonyl (C=O) groups excluding carboxylic acids is 1. The minimum atomic E-state index is -0.827. The summed E-state index contributed by atoms with van der Waals surface area (Å²) in [6, 6.07) is 0. The molecule has 3 nitrogen and oxygen atoms in total. The Bertz CT molecular complexity index is 378. The minimum absolute atomic E-state index is 0.0211. The Hall–Kier alpha value is -0.860. The van der Waals surface area contributed by atoms with Gasteiger partial charge in [0.2, 0.25) is 0 Å². The first-order valence-corrected chi connectivity index (χ1v) is 12.9. The fourth-order valence-corrected chi connectivity index (χ4v) is 4.10. The summed E-state index contributed by atoms with van der Waals surface area (Å²) in [6.07, 6.45) is 23.8. The van der Waals surface area contributed by atoms with E-state index in [2.05, 4.69) is 13.8 Å². The molecule has 0 aromatic heterocycles. The number of carboxylic acid groups (broad SMARTS) is 1. The zero-order valence-electron chi connectivity index (χ0n) is 19.7. The average molecular weight is 411 g/mol. The number of hydrogen-bond acceptors (Lipinski definition) is 2. The molecule has 0 aromatic rings. The summed E-state index contributed by atoms with van der Waals surface area (Å²) in [5, 5.41) is 9.15. The van der Waals surface area contributed by atoms with E-state index in [0.717, 1.165) is 32.1 Å². The molecule has 0 rings (SSSR count). The van der Waals surface area contributed by atoms with Gasteiger partial charge in [-0.05, 0) is 12.8 Å². The van der Waals surface area contributed by atoms with Crippen molar-refractivity contribution in [3.05, 3.63) is 0 Å². The lowest BCUT2D eigenvalue weighted by atomic mass is 9.90. The largest absolute Gasteiger partial charge is 0.481 e. The highest BCUT2D eigenvalue weighted by molar-refractivity contribution is 5.84. The molecule has 0 aliphatic carbocycles. The molecule has 0 aromatic carbocycles. The number of rotatable bonds is 23. The Kier molecular flexibility index (Phi) is 21.2. The number of carboxylic acids is 1. The molecule has 0 aliphatic heterocycles. The van der Waals surface area contributed by atoms with Gasteiger partial charge in [-0.1, -0.05) is 123 Å². The van der Waals surface area contributed by atoms with Gasteiger partial charge < -0.3 is 5.11 Å². The van der Waals surface area contributed by atoms with Crippen molar-refractivity contribution in [1.29, 1.82) is 0 Å². The summed E-state index contributed by atoms with van der Waals surface area (Å²) in [7, 11) is 0. The van der Waals surface area contributed by atoms with Crippen molar-refractivity contribution in [2.24, 2.45) is 5.92 Å². The van der Waals surface area contributed by atoms with E-state index < -0.39 is 5.97 Å². The van der Waals surface area contributed by atoms with Gasteiger partial charge in [0.05, 0.1) is 6.42 Å². The van der Waals surface area contributed by atoms with E-state index in [4.69, 9.17) is 5.11 Å². The summed E-state index contributed by atoms with van der Waals surface area (Å²) < 4.78 is 0. The summed E-state index contributed by atoms with van der Waals surface area (Å²) in [4.78, 5) is 23.6. The molecule has 0 fully saturated rings. The van der Waals surface area contributed by atoms with Crippen LogP contribution in [0.2, 0.25) is 0 Å². The van der Waals surface area contributed by atoms with Gasteiger partial charge in [0, 0.05) is 12.3 Å². The molecule has 0 aliphatic rings. The number of unbranched alkanes of at least 4 members (excludes halogenated alkanes) is 16. The summed E-state index contributed by atoms with van der Waals surface area (Å²) in [5.41, 5.74) is 0. The number of Topliss-reactive ketones (excluding diaryl/α,β-unsaturated/α-hetero) is 1. The number of hydrogen-bond donors (Lipinski definition) is 1. The van der Waals surface area contributed by atoms with Crippen LogP contribution in [-0.2, 0) is 9.59 Å². The third-order valence-electron chi connectivity index (χ3n) is 6.06. The smallest absolute Gasteiger partial charge is 0.304 e. The second-order valence-corrected chi connectivity index (χ2v) is 8.96. The molecule has 0 spiro atoms. The van der Waals surface area contributed by atoms with Crippen LogP contribution in [0.5, 0.6) is 0 Å². The maximum absolute atomic E-state index is 12.5. The van der Waals surface area contributed by atoms with Gasteiger partial charge in [-0.15, -0.1) is 0 Å². The fourth-order valence-electron chi connectivity index (χ4n) is 4.10. The molecule has 0 saturated heterocycles. The molecule has 29 heavy (non-hydrogen) atoms. The van der Waals surface area contributed by atoms with E-state index in [1.165, 1.54) is 89.9 Å². The molecule has 1 atom stereocenters. The van der Waals surface area contributed by atoms with Crippen molar-refractivity contribution in [2.45, 2.75) is 149 Å². The van der Waals surface area contributed by atoms with Gasteiger partial charge in [0.25, 0.3) is 0 Å². The lowest BCUT2D eigenvalue weighted by Crippen LogP contribution is -2.18. The van der Waals surface area contributed by atoms with Crippen molar-refractivity contribution in [2.75, 3.05) is 0 Å². The Morgan fingerprint density at radius 3 is 1.38 bits per heavy atom. The Morgan fingerprint density at radius 2 is 0.966 bits per heavy atom. The van der Waals surface area contributed by atoms with E-state index in [1.807, 2.05) is 0 Å². The first-order valence-electron chi connectivity index (χ1n) is 12.9. The standard InChI is InChI=1S/C26H50O3/c1-3-5-7-9-11-13-15-17-19-21-24(23-26(28)29)25(27)22-20-18-16-14-12-10-8-6-4-2/h24H,3-23H2,1-2H3,(H,28,29)/t24-/m1/s1. The number of aliphatic carboxylic acids is 1. The zero-order chi connectivity index (χ0) is 21.6. The van der Waals surface area contributed by atoms with Gasteiger partial charge in [0.15, 0.2) is 0 Å². The molecule has 0 saturated carbocycles. The second kappa shape index (κ2) is 21.8. The van der Waals surface area contributed by atoms with Crippen molar-refractivity contribution in [3.8, 4) is 0 Å². The monoisotopic (exact) mass is 410 g/mol. The lowest BCUT2D eigenvalue weighted by molar-refractivity contribution is -0.140. The summed E-state index contributed by atoms with van der Waals surface area (Å²) in [6.45, 7) is 4.48. The Balaban J connectivity index is 3.79. The average Bonchev–Trinajstić information content (AvgIpc) is 2.70. The Labute approximate surface area is 181 Å². The fraction of sp³-hybridized carbons (Fsp3) is 0.923. The molecule has 0 unspecified atom stereocenters. The lowest BCUT2D eigenvalue weighted by Gasteiger charge is -2.14. The molecule has 172 valence electrons. The molecular formula is C26H50O3. The molecule has 1 N–H and O–H groups in total. The maximum atomic E-state index is 12.5. The molecule has 0 bridgehead atoms. The van der Waals surface area contributed by atoms with E-state index in [-0.39, 0.29) is 18.1 Å². The predicted molar refractivity (Wildman–Crippen MR) is 124 cm³/mol. The van der Waals surface area contributed by atoms with Crippen LogP contribution >= 0.6 is 0 Å². The van der Waals surface area contributed by atoms with Crippen molar-refractivity contribution in [3.63, 3.8) is 0 Å². The number of ketones is 1. The SMILES string of the molecule is CCCCCCCCCCCC(=O)[C@H](CCCCCCCCCCC)CC(=O)O. The zero-order valence-corrected chi connectivity index (χ0v) is 19.7. The van der Waals surface area contributed by atoms with Crippen LogP contribution < -0.4 is 0 Å². The van der Waals surface area contributed by atoms with Crippen LogP contribution in [0.4, 0.5) is 0 Å².